The van der Waals surface area contributed by atoms with Gasteiger partial charge in [0.25, 0.3) is 0 Å². The molecule has 0 spiro atoms. The van der Waals surface area contributed by atoms with E-state index in [1.54, 1.807) is 0 Å². The van der Waals surface area contributed by atoms with Gasteiger partial charge < -0.3 is 14.4 Å². The first-order chi connectivity index (χ1) is 9.21. The zero-order valence-electron chi connectivity index (χ0n) is 11.3. The van der Waals surface area contributed by atoms with Crippen LogP contribution in [0.5, 0.6) is 12.0 Å². The van der Waals surface area contributed by atoms with Gasteiger partial charge in [0.15, 0.2) is 0 Å². The molecule has 19 heavy (non-hydrogen) atoms. The summed E-state index contributed by atoms with van der Waals surface area (Å²) < 4.78 is 11.0. The average Bonchev–Trinajstić information content (AvgIpc) is 2.41. The fraction of sp³-hybridized carbons (Fsp3) is 0.727. The summed E-state index contributed by atoms with van der Waals surface area (Å²) in [6.45, 7) is 4.35. The summed E-state index contributed by atoms with van der Waals surface area (Å²) in [5.74, 6) is 5.55. The largest absolute Gasteiger partial charge is 0.464 e. The number of anilines is 1. The van der Waals surface area contributed by atoms with Gasteiger partial charge in [-0.05, 0) is 26.8 Å². The molecule has 0 radical (unpaired) electrons. The Morgan fingerprint density at radius 1 is 1.26 bits per heavy atom. The molecule has 0 bridgehead atoms. The Labute approximate surface area is 112 Å². The van der Waals surface area contributed by atoms with Crippen LogP contribution in [0.1, 0.15) is 19.8 Å². The van der Waals surface area contributed by atoms with Crippen LogP contribution in [-0.2, 0) is 0 Å². The molecule has 106 valence electrons. The van der Waals surface area contributed by atoms with Crippen molar-refractivity contribution in [1.82, 2.24) is 19.9 Å². The van der Waals surface area contributed by atoms with E-state index in [0.717, 1.165) is 25.9 Å². The maximum atomic E-state index is 5.77. The van der Waals surface area contributed by atoms with Crippen LogP contribution in [0.25, 0.3) is 0 Å². The van der Waals surface area contributed by atoms with E-state index in [9.17, 15) is 0 Å². The number of ether oxygens (including phenoxy) is 2. The molecule has 8 nitrogen and oxygen atoms in total. The van der Waals surface area contributed by atoms with Gasteiger partial charge in [0, 0.05) is 13.1 Å². The van der Waals surface area contributed by atoms with Gasteiger partial charge in [-0.2, -0.15) is 9.97 Å². The molecule has 1 aromatic heterocycles. The van der Waals surface area contributed by atoms with Crippen LogP contribution >= 0.6 is 0 Å². The summed E-state index contributed by atoms with van der Waals surface area (Å²) in [5.41, 5.74) is 2.38. The first-order valence-corrected chi connectivity index (χ1v) is 6.42. The van der Waals surface area contributed by atoms with E-state index in [1.165, 1.54) is 0 Å². The smallest absolute Gasteiger partial charge is 0.324 e. The lowest BCUT2D eigenvalue weighted by Crippen LogP contribution is -2.36. The number of likely N-dealkylation sites (tertiary alicyclic amines) is 1. The van der Waals surface area contributed by atoms with Crippen LogP contribution < -0.4 is 20.7 Å². The van der Waals surface area contributed by atoms with Crippen molar-refractivity contribution in [3.05, 3.63) is 0 Å². The van der Waals surface area contributed by atoms with Gasteiger partial charge in [-0.15, -0.1) is 4.98 Å². The minimum atomic E-state index is 0.124. The number of hydrazine groups is 1. The maximum Gasteiger partial charge on any atom is 0.324 e. The fourth-order valence-corrected chi connectivity index (χ4v) is 1.90. The monoisotopic (exact) mass is 268 g/mol. The van der Waals surface area contributed by atoms with E-state index in [1.807, 2.05) is 6.92 Å². The van der Waals surface area contributed by atoms with Gasteiger partial charge in [-0.1, -0.05) is 0 Å². The number of nitrogens with zero attached hydrogens (tertiary/aromatic N) is 4. The number of nitrogens with one attached hydrogen (secondary N) is 1. The number of hydrogen-bond acceptors (Lipinski definition) is 8. The Morgan fingerprint density at radius 2 is 1.95 bits per heavy atom. The van der Waals surface area contributed by atoms with E-state index >= 15 is 0 Å². The molecule has 1 saturated heterocycles. The summed E-state index contributed by atoms with van der Waals surface area (Å²) >= 11 is 0. The van der Waals surface area contributed by atoms with Gasteiger partial charge in [-0.3, -0.25) is 5.43 Å². The maximum absolute atomic E-state index is 5.77. The Balaban J connectivity index is 2.04. The number of rotatable bonds is 5. The molecule has 0 unspecified atom stereocenters. The second-order valence-corrected chi connectivity index (χ2v) is 4.42. The van der Waals surface area contributed by atoms with E-state index in [2.05, 4.69) is 32.3 Å². The highest BCUT2D eigenvalue weighted by Crippen LogP contribution is 2.18. The fourth-order valence-electron chi connectivity index (χ4n) is 1.90. The van der Waals surface area contributed by atoms with Gasteiger partial charge in [0.05, 0.1) is 6.61 Å². The molecule has 3 N–H and O–H groups in total. The molecule has 0 atom stereocenters. The minimum Gasteiger partial charge on any atom is -0.464 e. The first-order valence-electron chi connectivity index (χ1n) is 6.42. The molecule has 0 saturated carbocycles. The van der Waals surface area contributed by atoms with Crippen LogP contribution in [0.15, 0.2) is 0 Å². The molecule has 1 aliphatic heterocycles. The van der Waals surface area contributed by atoms with Crippen molar-refractivity contribution in [2.24, 2.45) is 5.84 Å². The third kappa shape index (κ3) is 3.90. The summed E-state index contributed by atoms with van der Waals surface area (Å²) in [6.07, 6.45) is 2.04. The molecule has 0 aromatic carbocycles. The third-order valence-corrected chi connectivity index (χ3v) is 2.93. The van der Waals surface area contributed by atoms with Crippen molar-refractivity contribution < 1.29 is 9.47 Å². The Hall–Kier alpha value is -1.67. The summed E-state index contributed by atoms with van der Waals surface area (Å²) in [6, 6.07) is 0.467. The van der Waals surface area contributed by atoms with Crippen molar-refractivity contribution in [1.29, 1.82) is 0 Å². The van der Waals surface area contributed by atoms with E-state index in [4.69, 9.17) is 15.3 Å². The molecule has 2 heterocycles. The molecule has 2 rings (SSSR count). The van der Waals surface area contributed by atoms with Crippen molar-refractivity contribution in [2.75, 3.05) is 32.2 Å². The number of hydrogen-bond donors (Lipinski definition) is 2. The van der Waals surface area contributed by atoms with Crippen molar-refractivity contribution in [3.63, 3.8) is 0 Å². The van der Waals surface area contributed by atoms with Gasteiger partial charge in [0.1, 0.15) is 6.10 Å². The Morgan fingerprint density at radius 3 is 2.58 bits per heavy atom. The lowest BCUT2D eigenvalue weighted by Gasteiger charge is -2.28. The lowest BCUT2D eigenvalue weighted by molar-refractivity contribution is 0.104. The molecular weight excluding hydrogens is 248 g/mol. The highest BCUT2D eigenvalue weighted by atomic mass is 16.5. The normalized spacial score (nSPS) is 17.2. The van der Waals surface area contributed by atoms with Gasteiger partial charge in [-0.25, -0.2) is 5.84 Å². The summed E-state index contributed by atoms with van der Waals surface area (Å²) in [7, 11) is 2.10. The SMILES string of the molecule is CCOc1nc(NN)nc(OC2CCN(C)CC2)n1. The molecule has 0 aliphatic carbocycles. The molecule has 1 aliphatic rings. The standard InChI is InChI=1S/C11H20N6O2/c1-3-18-10-13-9(16-12)14-11(15-10)19-8-4-6-17(2)7-5-8/h8H,3-7,12H2,1-2H3,(H,13,14,15,16). The third-order valence-electron chi connectivity index (χ3n) is 2.93. The minimum absolute atomic E-state index is 0.124. The molecule has 1 fully saturated rings. The van der Waals surface area contributed by atoms with Gasteiger partial charge >= 0.3 is 12.0 Å². The zero-order valence-corrected chi connectivity index (χ0v) is 11.3. The number of aromatic nitrogens is 3. The van der Waals surface area contributed by atoms with Crippen molar-refractivity contribution in [3.8, 4) is 12.0 Å². The second kappa shape index (κ2) is 6.48. The van der Waals surface area contributed by atoms with E-state index in [-0.39, 0.29) is 24.1 Å². The summed E-state index contributed by atoms with van der Waals surface area (Å²) in [4.78, 5) is 14.4. The van der Waals surface area contributed by atoms with Crippen LogP contribution in [0.3, 0.4) is 0 Å². The number of nitrogen functional groups attached to an aromatic ring is 1. The first kappa shape index (κ1) is 13.8. The zero-order chi connectivity index (χ0) is 13.7. The average molecular weight is 268 g/mol. The predicted octanol–water partition coefficient (Wildman–Crippen LogP) is 0.0289. The van der Waals surface area contributed by atoms with Crippen LogP contribution in [0.4, 0.5) is 5.95 Å². The van der Waals surface area contributed by atoms with Crippen LogP contribution in [0.2, 0.25) is 0 Å². The van der Waals surface area contributed by atoms with Crippen LogP contribution in [-0.4, -0.2) is 52.7 Å². The molecule has 0 amide bonds. The van der Waals surface area contributed by atoms with Crippen molar-refractivity contribution in [2.45, 2.75) is 25.9 Å². The Kier molecular flexibility index (Phi) is 4.69. The molecule has 1 aromatic rings. The number of nitrogens with two attached hydrogens (primary N) is 1. The quantitative estimate of drug-likeness (QED) is 0.570. The highest BCUT2D eigenvalue weighted by Gasteiger charge is 2.20. The lowest BCUT2D eigenvalue weighted by atomic mass is 10.1. The predicted molar refractivity (Wildman–Crippen MR) is 70.0 cm³/mol. The molecular formula is C11H20N6O2. The van der Waals surface area contributed by atoms with E-state index in [0.29, 0.717) is 6.61 Å². The highest BCUT2D eigenvalue weighted by molar-refractivity contribution is 5.25. The van der Waals surface area contributed by atoms with Crippen molar-refractivity contribution >= 4 is 5.95 Å². The summed E-state index contributed by atoms with van der Waals surface area (Å²) in [5, 5.41) is 0. The Bertz CT molecular complexity index is 408. The van der Waals surface area contributed by atoms with E-state index < -0.39 is 0 Å². The van der Waals surface area contributed by atoms with Gasteiger partial charge in [0.2, 0.25) is 5.95 Å². The second-order valence-electron chi connectivity index (χ2n) is 4.42. The molecule has 8 heteroatoms. The number of piperidine rings is 1. The topological polar surface area (TPSA) is 98.4 Å². The van der Waals surface area contributed by atoms with Crippen LogP contribution in [0, 0.1) is 0 Å².